The van der Waals surface area contributed by atoms with Gasteiger partial charge in [-0.3, -0.25) is 0 Å². The first-order valence-electron chi connectivity index (χ1n) is 7.07. The van der Waals surface area contributed by atoms with E-state index in [1.165, 1.54) is 0 Å². The summed E-state index contributed by atoms with van der Waals surface area (Å²) in [5.74, 6) is 1.37. The normalized spacial score (nSPS) is 15.5. The number of nitrogens with zero attached hydrogens (tertiary/aromatic N) is 1. The lowest BCUT2D eigenvalue weighted by atomic mass is 9.94. The monoisotopic (exact) mass is 318 g/mol. The Morgan fingerprint density at radius 3 is 2.55 bits per heavy atom. The number of benzene rings is 1. The summed E-state index contributed by atoms with van der Waals surface area (Å²) in [4.78, 5) is 2.17. The maximum atomic E-state index is 12.3. The van der Waals surface area contributed by atoms with Gasteiger partial charge in [0.1, 0.15) is 11.5 Å². The van der Waals surface area contributed by atoms with Gasteiger partial charge in [-0.2, -0.15) is 13.2 Å². The van der Waals surface area contributed by atoms with Crippen LogP contribution < -0.4 is 14.8 Å². The van der Waals surface area contributed by atoms with Crippen LogP contribution in [0.1, 0.15) is 16.7 Å². The summed E-state index contributed by atoms with van der Waals surface area (Å²) in [5, 5.41) is 2.41. The van der Waals surface area contributed by atoms with E-state index in [-0.39, 0.29) is 6.54 Å². The van der Waals surface area contributed by atoms with Crippen LogP contribution in [0.4, 0.5) is 13.2 Å². The molecule has 0 amide bonds. The molecule has 0 saturated heterocycles. The molecule has 22 heavy (non-hydrogen) atoms. The highest BCUT2D eigenvalue weighted by Gasteiger charge is 2.27. The van der Waals surface area contributed by atoms with E-state index in [1.807, 2.05) is 7.05 Å². The van der Waals surface area contributed by atoms with Crippen molar-refractivity contribution in [3.8, 4) is 11.5 Å². The third-order valence-electron chi connectivity index (χ3n) is 3.77. The van der Waals surface area contributed by atoms with Crippen molar-refractivity contribution in [1.29, 1.82) is 0 Å². The SMILES string of the molecule is COc1cc(CNCC(F)(F)F)c(OC)c2c1CN(C)CC2. The van der Waals surface area contributed by atoms with Gasteiger partial charge in [0.25, 0.3) is 0 Å². The number of alkyl halides is 3. The Balaban J connectivity index is 2.30. The van der Waals surface area contributed by atoms with Crippen molar-refractivity contribution in [3.05, 3.63) is 22.8 Å². The molecule has 1 aliphatic rings. The Kier molecular flexibility index (Phi) is 5.18. The standard InChI is InChI=1S/C15H21F3N2O2/c1-20-5-4-11-12(8-20)13(21-2)6-10(14(11)22-3)7-19-9-15(16,17)18/h6,19H,4-5,7-9H2,1-3H3. The van der Waals surface area contributed by atoms with Crippen LogP contribution in [0.25, 0.3) is 0 Å². The van der Waals surface area contributed by atoms with Crippen LogP contribution in [0, 0.1) is 0 Å². The molecule has 0 saturated carbocycles. The van der Waals surface area contributed by atoms with Crippen molar-refractivity contribution in [1.82, 2.24) is 10.2 Å². The third kappa shape index (κ3) is 3.84. The van der Waals surface area contributed by atoms with Gasteiger partial charge in [-0.05, 0) is 19.5 Å². The molecule has 0 aliphatic carbocycles. The Hall–Kier alpha value is -1.47. The van der Waals surface area contributed by atoms with Gasteiger partial charge in [-0.1, -0.05) is 0 Å². The Morgan fingerprint density at radius 1 is 1.23 bits per heavy atom. The summed E-state index contributed by atoms with van der Waals surface area (Å²) in [5.41, 5.74) is 2.77. The minimum atomic E-state index is -4.23. The van der Waals surface area contributed by atoms with Crippen molar-refractivity contribution in [2.24, 2.45) is 0 Å². The zero-order chi connectivity index (χ0) is 16.3. The van der Waals surface area contributed by atoms with Crippen LogP contribution in [0.5, 0.6) is 11.5 Å². The number of hydrogen-bond donors (Lipinski definition) is 1. The molecule has 4 nitrogen and oxygen atoms in total. The van der Waals surface area contributed by atoms with Crippen molar-refractivity contribution in [3.63, 3.8) is 0 Å². The van der Waals surface area contributed by atoms with Crippen LogP contribution in [-0.2, 0) is 19.5 Å². The van der Waals surface area contributed by atoms with Crippen LogP contribution in [-0.4, -0.2) is 45.4 Å². The van der Waals surface area contributed by atoms with E-state index >= 15 is 0 Å². The van der Waals surface area contributed by atoms with E-state index in [4.69, 9.17) is 9.47 Å². The zero-order valence-electron chi connectivity index (χ0n) is 13.0. The highest BCUT2D eigenvalue weighted by Crippen LogP contribution is 2.37. The summed E-state index contributed by atoms with van der Waals surface area (Å²) >= 11 is 0. The molecule has 0 spiro atoms. The topological polar surface area (TPSA) is 33.7 Å². The fraction of sp³-hybridized carbons (Fsp3) is 0.600. The van der Waals surface area contributed by atoms with Gasteiger partial charge in [-0.25, -0.2) is 0 Å². The van der Waals surface area contributed by atoms with E-state index in [0.29, 0.717) is 17.1 Å². The van der Waals surface area contributed by atoms with E-state index in [1.54, 1.807) is 20.3 Å². The number of methoxy groups -OCH3 is 2. The Morgan fingerprint density at radius 2 is 1.95 bits per heavy atom. The molecule has 0 unspecified atom stereocenters. The van der Waals surface area contributed by atoms with Crippen molar-refractivity contribution < 1.29 is 22.6 Å². The zero-order valence-corrected chi connectivity index (χ0v) is 13.0. The number of nitrogens with one attached hydrogen (secondary N) is 1. The second-order valence-electron chi connectivity index (χ2n) is 5.43. The quantitative estimate of drug-likeness (QED) is 0.903. The molecule has 1 aliphatic heterocycles. The predicted octanol–water partition coefficient (Wildman–Crippen LogP) is 2.34. The number of ether oxygens (including phenoxy) is 2. The largest absolute Gasteiger partial charge is 0.496 e. The minimum absolute atomic E-state index is 0.0855. The molecule has 1 N–H and O–H groups in total. The van der Waals surface area contributed by atoms with Crippen LogP contribution in [0.15, 0.2) is 6.07 Å². The molecule has 0 fully saturated rings. The van der Waals surface area contributed by atoms with Gasteiger partial charge in [0.05, 0.1) is 20.8 Å². The maximum Gasteiger partial charge on any atom is 0.401 e. The molecule has 124 valence electrons. The summed E-state index contributed by atoms with van der Waals surface area (Å²) in [6.07, 6.45) is -3.44. The van der Waals surface area contributed by atoms with Gasteiger partial charge < -0.3 is 19.7 Å². The third-order valence-corrected chi connectivity index (χ3v) is 3.77. The maximum absolute atomic E-state index is 12.3. The molecule has 1 heterocycles. The van der Waals surface area contributed by atoms with Crippen molar-refractivity contribution in [2.45, 2.75) is 25.7 Å². The van der Waals surface area contributed by atoms with E-state index < -0.39 is 12.7 Å². The van der Waals surface area contributed by atoms with Crippen LogP contribution in [0.2, 0.25) is 0 Å². The Bertz CT molecular complexity index is 532. The molecular formula is C15H21F3N2O2. The minimum Gasteiger partial charge on any atom is -0.496 e. The molecule has 1 aromatic rings. The molecule has 0 aromatic heterocycles. The smallest absolute Gasteiger partial charge is 0.401 e. The summed E-state index contributed by atoms with van der Waals surface area (Å²) in [7, 11) is 5.14. The average Bonchev–Trinajstić information content (AvgIpc) is 2.45. The van der Waals surface area contributed by atoms with Crippen molar-refractivity contribution >= 4 is 0 Å². The lowest BCUT2D eigenvalue weighted by Gasteiger charge is -2.29. The summed E-state index contributed by atoms with van der Waals surface area (Å²) in [6.45, 7) is 0.678. The molecule has 2 rings (SSSR count). The summed E-state index contributed by atoms with van der Waals surface area (Å²) in [6, 6.07) is 1.76. The lowest BCUT2D eigenvalue weighted by Crippen LogP contribution is -2.30. The van der Waals surface area contributed by atoms with Gasteiger partial charge >= 0.3 is 6.18 Å². The van der Waals surface area contributed by atoms with Gasteiger partial charge in [0.2, 0.25) is 0 Å². The molecule has 0 radical (unpaired) electrons. The highest BCUT2D eigenvalue weighted by atomic mass is 19.4. The predicted molar refractivity (Wildman–Crippen MR) is 77.3 cm³/mol. The first-order valence-corrected chi connectivity index (χ1v) is 7.07. The highest BCUT2D eigenvalue weighted by molar-refractivity contribution is 5.54. The molecule has 0 atom stereocenters. The van der Waals surface area contributed by atoms with E-state index in [9.17, 15) is 13.2 Å². The second-order valence-corrected chi connectivity index (χ2v) is 5.43. The number of rotatable bonds is 5. The fourth-order valence-corrected chi connectivity index (χ4v) is 2.79. The molecule has 0 bridgehead atoms. The van der Waals surface area contributed by atoms with Gasteiger partial charge in [0.15, 0.2) is 0 Å². The van der Waals surface area contributed by atoms with Gasteiger partial charge in [0, 0.05) is 36.3 Å². The fourth-order valence-electron chi connectivity index (χ4n) is 2.79. The van der Waals surface area contributed by atoms with Crippen molar-refractivity contribution in [2.75, 3.05) is 34.4 Å². The molecular weight excluding hydrogens is 297 g/mol. The number of halogens is 3. The number of likely N-dealkylation sites (N-methyl/N-ethyl adjacent to an activating group) is 1. The van der Waals surface area contributed by atoms with E-state index in [0.717, 1.165) is 30.6 Å². The summed E-state index contributed by atoms with van der Waals surface area (Å²) < 4.78 is 47.7. The average molecular weight is 318 g/mol. The van der Waals surface area contributed by atoms with Crippen LogP contribution in [0.3, 0.4) is 0 Å². The first kappa shape index (κ1) is 16.9. The van der Waals surface area contributed by atoms with Gasteiger partial charge in [-0.15, -0.1) is 0 Å². The van der Waals surface area contributed by atoms with E-state index in [2.05, 4.69) is 10.2 Å². The Labute approximate surface area is 128 Å². The second kappa shape index (κ2) is 6.75. The number of fused-ring (bicyclic) bond motifs is 1. The first-order chi connectivity index (χ1) is 10.4. The molecule has 7 heteroatoms. The lowest BCUT2D eigenvalue weighted by molar-refractivity contribution is -0.125. The molecule has 1 aromatic carbocycles. The van der Waals surface area contributed by atoms with Crippen LogP contribution >= 0.6 is 0 Å². The number of hydrogen-bond acceptors (Lipinski definition) is 4.